The zero-order valence-corrected chi connectivity index (χ0v) is 20.8. The van der Waals surface area contributed by atoms with Crippen molar-refractivity contribution in [3.8, 4) is 16.9 Å². The third-order valence-corrected chi connectivity index (χ3v) is 6.87. The Labute approximate surface area is 215 Å². The van der Waals surface area contributed by atoms with Crippen molar-refractivity contribution in [3.63, 3.8) is 0 Å². The van der Waals surface area contributed by atoms with Gasteiger partial charge in [0, 0.05) is 36.8 Å². The minimum Gasteiger partial charge on any atom is -0.467 e. The van der Waals surface area contributed by atoms with Gasteiger partial charge in [0.1, 0.15) is 17.5 Å². The summed E-state index contributed by atoms with van der Waals surface area (Å²) in [6.45, 7) is 5.13. The van der Waals surface area contributed by atoms with Crippen LogP contribution in [0.1, 0.15) is 29.3 Å². The standard InChI is InChI=1S/C29H29N5O3/c1-21-9-11-22(12-10-21)29-24(19-33(31-29)23-6-3-2-4-7-23)25-18-26(27-8-5-15-37-27)34(30-25)28(35)20-32-13-16-36-17-14-32/h2-12,15,19,26H,13-14,16-18,20H2,1H3/t26-/m0/s1. The number of carbonyl (C=O) groups is 1. The van der Waals surface area contributed by atoms with Gasteiger partial charge in [0.15, 0.2) is 0 Å². The lowest BCUT2D eigenvalue weighted by Gasteiger charge is -2.28. The van der Waals surface area contributed by atoms with Crippen LogP contribution in [-0.4, -0.2) is 64.2 Å². The largest absolute Gasteiger partial charge is 0.467 e. The maximum atomic E-state index is 13.5. The molecule has 0 aliphatic carbocycles. The number of hydrogen-bond donors (Lipinski definition) is 0. The number of rotatable bonds is 6. The van der Waals surface area contributed by atoms with E-state index in [1.54, 1.807) is 11.3 Å². The highest BCUT2D eigenvalue weighted by molar-refractivity contribution is 6.07. The van der Waals surface area contributed by atoms with E-state index in [0.29, 0.717) is 26.2 Å². The van der Waals surface area contributed by atoms with Crippen LogP contribution in [0.25, 0.3) is 16.9 Å². The maximum Gasteiger partial charge on any atom is 0.257 e. The lowest BCUT2D eigenvalue weighted by atomic mass is 9.99. The fraction of sp³-hybridized carbons (Fsp3) is 0.276. The first-order valence-electron chi connectivity index (χ1n) is 12.6. The Morgan fingerprint density at radius 1 is 1.00 bits per heavy atom. The molecule has 1 saturated heterocycles. The fourth-order valence-corrected chi connectivity index (χ4v) is 4.85. The highest BCUT2D eigenvalue weighted by Gasteiger charge is 2.37. The molecule has 0 spiro atoms. The first-order valence-corrected chi connectivity index (χ1v) is 12.6. The number of aryl methyl sites for hydroxylation is 1. The molecule has 0 N–H and O–H groups in total. The topological polar surface area (TPSA) is 76.1 Å². The normalized spacial score (nSPS) is 18.2. The average Bonchev–Trinajstić information content (AvgIpc) is 3.70. The molecule has 6 rings (SSSR count). The summed E-state index contributed by atoms with van der Waals surface area (Å²) in [6, 6.07) is 21.8. The number of amides is 1. The van der Waals surface area contributed by atoms with Crippen LogP contribution < -0.4 is 0 Å². The average molecular weight is 496 g/mol. The fourth-order valence-electron chi connectivity index (χ4n) is 4.85. The second-order valence-electron chi connectivity index (χ2n) is 9.45. The molecule has 1 atom stereocenters. The molecule has 0 unspecified atom stereocenters. The Hall–Kier alpha value is -4.01. The first-order chi connectivity index (χ1) is 18.2. The van der Waals surface area contributed by atoms with Crippen molar-refractivity contribution in [2.24, 2.45) is 5.10 Å². The van der Waals surface area contributed by atoms with Crippen molar-refractivity contribution in [2.45, 2.75) is 19.4 Å². The molecule has 2 aliphatic rings. The number of nitrogens with zero attached hydrogens (tertiary/aromatic N) is 5. The minimum atomic E-state index is -0.301. The zero-order chi connectivity index (χ0) is 25.2. The van der Waals surface area contributed by atoms with Crippen LogP contribution >= 0.6 is 0 Å². The summed E-state index contributed by atoms with van der Waals surface area (Å²) in [4.78, 5) is 15.6. The number of morpholine rings is 1. The summed E-state index contributed by atoms with van der Waals surface area (Å²) in [5, 5.41) is 11.5. The van der Waals surface area contributed by atoms with Crippen LogP contribution in [0, 0.1) is 6.92 Å². The highest BCUT2D eigenvalue weighted by Crippen LogP contribution is 2.36. The van der Waals surface area contributed by atoms with Crippen molar-refractivity contribution < 1.29 is 13.9 Å². The molecular formula is C29H29N5O3. The molecule has 1 amide bonds. The number of furan rings is 1. The molecule has 2 aromatic heterocycles. The number of hydrogen-bond acceptors (Lipinski definition) is 6. The molecule has 2 aromatic carbocycles. The molecular weight excluding hydrogens is 466 g/mol. The molecule has 0 radical (unpaired) electrons. The van der Waals surface area contributed by atoms with E-state index in [1.807, 2.05) is 53.3 Å². The molecule has 1 fully saturated rings. The van der Waals surface area contributed by atoms with Gasteiger partial charge in [-0.3, -0.25) is 9.69 Å². The summed E-state index contributed by atoms with van der Waals surface area (Å²) in [5.74, 6) is 0.673. The zero-order valence-electron chi connectivity index (χ0n) is 20.8. The molecule has 2 aliphatic heterocycles. The SMILES string of the molecule is Cc1ccc(-c2nn(-c3ccccc3)cc2C2=NN(C(=O)CN3CCOCC3)[C@H](c3ccco3)C2)cc1. The lowest BCUT2D eigenvalue weighted by molar-refractivity contribution is -0.135. The summed E-state index contributed by atoms with van der Waals surface area (Å²) in [5.41, 5.74) is 5.71. The Bertz CT molecular complexity index is 1390. The number of ether oxygens (including phenoxy) is 1. The van der Waals surface area contributed by atoms with Gasteiger partial charge in [-0.2, -0.15) is 10.2 Å². The van der Waals surface area contributed by atoms with Gasteiger partial charge in [-0.15, -0.1) is 0 Å². The number of para-hydroxylation sites is 1. The number of benzene rings is 2. The van der Waals surface area contributed by atoms with Gasteiger partial charge >= 0.3 is 0 Å². The molecule has 4 aromatic rings. The maximum absolute atomic E-state index is 13.5. The van der Waals surface area contributed by atoms with Crippen LogP contribution in [0.4, 0.5) is 0 Å². The van der Waals surface area contributed by atoms with E-state index in [0.717, 1.165) is 47.1 Å². The monoisotopic (exact) mass is 495 g/mol. The van der Waals surface area contributed by atoms with Crippen molar-refractivity contribution in [1.82, 2.24) is 19.7 Å². The second kappa shape index (κ2) is 10.2. The van der Waals surface area contributed by atoms with Crippen LogP contribution in [-0.2, 0) is 9.53 Å². The molecule has 4 heterocycles. The summed E-state index contributed by atoms with van der Waals surface area (Å²) in [7, 11) is 0. The predicted molar refractivity (Wildman–Crippen MR) is 140 cm³/mol. The van der Waals surface area contributed by atoms with E-state index in [1.165, 1.54) is 5.56 Å². The predicted octanol–water partition coefficient (Wildman–Crippen LogP) is 4.45. The van der Waals surface area contributed by atoms with Crippen LogP contribution in [0.3, 0.4) is 0 Å². The number of carbonyl (C=O) groups excluding carboxylic acids is 1. The third-order valence-electron chi connectivity index (χ3n) is 6.87. The Kier molecular flexibility index (Phi) is 6.42. The number of hydrazone groups is 1. The molecule has 188 valence electrons. The van der Waals surface area contributed by atoms with Gasteiger partial charge in [0.25, 0.3) is 5.91 Å². The smallest absolute Gasteiger partial charge is 0.257 e. The molecule has 0 bridgehead atoms. The van der Waals surface area contributed by atoms with E-state index >= 15 is 0 Å². The van der Waals surface area contributed by atoms with E-state index in [4.69, 9.17) is 19.4 Å². The summed E-state index contributed by atoms with van der Waals surface area (Å²) in [6.07, 6.45) is 4.20. The molecule has 8 nitrogen and oxygen atoms in total. The van der Waals surface area contributed by atoms with Crippen molar-refractivity contribution in [3.05, 3.63) is 96.1 Å². The van der Waals surface area contributed by atoms with Crippen molar-refractivity contribution in [2.75, 3.05) is 32.8 Å². The van der Waals surface area contributed by atoms with Crippen LogP contribution in [0.15, 0.2) is 88.7 Å². The van der Waals surface area contributed by atoms with E-state index in [9.17, 15) is 4.79 Å². The van der Waals surface area contributed by atoms with Crippen molar-refractivity contribution in [1.29, 1.82) is 0 Å². The summed E-state index contributed by atoms with van der Waals surface area (Å²) < 4.78 is 13.1. The minimum absolute atomic E-state index is 0.0503. The highest BCUT2D eigenvalue weighted by atomic mass is 16.5. The van der Waals surface area contributed by atoms with Gasteiger partial charge in [0.2, 0.25) is 0 Å². The van der Waals surface area contributed by atoms with E-state index in [2.05, 4.69) is 36.1 Å². The molecule has 37 heavy (non-hydrogen) atoms. The van der Waals surface area contributed by atoms with Gasteiger partial charge in [-0.05, 0) is 31.2 Å². The Morgan fingerprint density at radius 3 is 2.51 bits per heavy atom. The van der Waals surface area contributed by atoms with Gasteiger partial charge in [-0.1, -0.05) is 48.0 Å². The Morgan fingerprint density at radius 2 is 1.78 bits per heavy atom. The lowest BCUT2D eigenvalue weighted by Crippen LogP contribution is -2.43. The van der Waals surface area contributed by atoms with Crippen molar-refractivity contribution >= 4 is 11.6 Å². The Balaban J connectivity index is 1.39. The summed E-state index contributed by atoms with van der Waals surface area (Å²) >= 11 is 0. The van der Waals surface area contributed by atoms with Gasteiger partial charge in [0.05, 0.1) is 37.4 Å². The molecule has 0 saturated carbocycles. The van der Waals surface area contributed by atoms with E-state index in [-0.39, 0.29) is 11.9 Å². The van der Waals surface area contributed by atoms with Crippen LogP contribution in [0.5, 0.6) is 0 Å². The van der Waals surface area contributed by atoms with Gasteiger partial charge < -0.3 is 9.15 Å². The second-order valence-corrected chi connectivity index (χ2v) is 9.45. The quantitative estimate of drug-likeness (QED) is 0.395. The van der Waals surface area contributed by atoms with Crippen LogP contribution in [0.2, 0.25) is 0 Å². The number of aromatic nitrogens is 2. The van der Waals surface area contributed by atoms with E-state index < -0.39 is 0 Å². The van der Waals surface area contributed by atoms with Gasteiger partial charge in [-0.25, -0.2) is 9.69 Å². The molecule has 8 heteroatoms. The third kappa shape index (κ3) is 4.85. The first kappa shape index (κ1) is 23.4.